The molecule has 0 bridgehead atoms. The van der Waals surface area contributed by atoms with E-state index in [1.54, 1.807) is 6.92 Å². The Bertz CT molecular complexity index is 189. The van der Waals surface area contributed by atoms with Gasteiger partial charge in [-0.1, -0.05) is 28.7 Å². The summed E-state index contributed by atoms with van der Waals surface area (Å²) in [7, 11) is 0. The lowest BCUT2D eigenvalue weighted by Crippen LogP contribution is -2.24. The zero-order valence-electron chi connectivity index (χ0n) is 7.98. The zero-order valence-corrected chi connectivity index (χ0v) is 10.1. The number of carbonyl (C=O) groups is 1. The minimum absolute atomic E-state index is 0.223. The summed E-state index contributed by atoms with van der Waals surface area (Å²) < 4.78 is 5.98. The SMILES string of the molecule is C/C(=C\CI)C(=O)OC(C)(C)C. The van der Waals surface area contributed by atoms with E-state index in [1.807, 2.05) is 26.8 Å². The van der Waals surface area contributed by atoms with Crippen molar-refractivity contribution in [3.63, 3.8) is 0 Å². The third-order valence-corrected chi connectivity index (χ3v) is 1.54. The van der Waals surface area contributed by atoms with Crippen molar-refractivity contribution < 1.29 is 9.53 Å². The summed E-state index contributed by atoms with van der Waals surface area (Å²) in [5, 5.41) is 0. The number of alkyl halides is 1. The molecule has 0 fully saturated rings. The van der Waals surface area contributed by atoms with Gasteiger partial charge < -0.3 is 4.74 Å². The molecule has 2 nitrogen and oxygen atoms in total. The summed E-state index contributed by atoms with van der Waals surface area (Å²) in [6.07, 6.45) is 1.86. The first-order valence-corrected chi connectivity index (χ1v) is 5.35. The van der Waals surface area contributed by atoms with Crippen molar-refractivity contribution in [1.82, 2.24) is 0 Å². The lowest BCUT2D eigenvalue weighted by atomic mass is 10.2. The molecule has 0 aromatic heterocycles. The van der Waals surface area contributed by atoms with Crippen molar-refractivity contribution in [2.75, 3.05) is 4.43 Å². The Kier molecular flexibility index (Phi) is 4.82. The van der Waals surface area contributed by atoms with Crippen LogP contribution in [0.5, 0.6) is 0 Å². The molecular weight excluding hydrogens is 267 g/mol. The van der Waals surface area contributed by atoms with Gasteiger partial charge in [-0.2, -0.15) is 0 Å². The van der Waals surface area contributed by atoms with Gasteiger partial charge in [0.05, 0.1) is 0 Å². The van der Waals surface area contributed by atoms with E-state index in [9.17, 15) is 4.79 Å². The first kappa shape index (κ1) is 11.9. The van der Waals surface area contributed by atoms with Gasteiger partial charge in [0.2, 0.25) is 0 Å². The summed E-state index contributed by atoms with van der Waals surface area (Å²) in [6, 6.07) is 0. The van der Waals surface area contributed by atoms with Crippen LogP contribution in [0, 0.1) is 0 Å². The molecule has 0 N–H and O–H groups in total. The van der Waals surface area contributed by atoms with Crippen LogP contribution in [-0.4, -0.2) is 16.0 Å². The molecule has 0 spiro atoms. The van der Waals surface area contributed by atoms with Crippen LogP contribution in [0.3, 0.4) is 0 Å². The molecule has 0 aromatic rings. The molecule has 12 heavy (non-hydrogen) atoms. The van der Waals surface area contributed by atoms with Crippen molar-refractivity contribution in [3.8, 4) is 0 Å². The topological polar surface area (TPSA) is 26.3 Å². The van der Waals surface area contributed by atoms with Crippen LogP contribution in [0.1, 0.15) is 27.7 Å². The largest absolute Gasteiger partial charge is 0.457 e. The standard InChI is InChI=1S/C9H15IO2/c1-7(5-6-10)8(11)12-9(2,3)4/h5H,6H2,1-4H3/b7-5+. The highest BCUT2D eigenvalue weighted by Crippen LogP contribution is 2.10. The van der Waals surface area contributed by atoms with E-state index >= 15 is 0 Å². The van der Waals surface area contributed by atoms with E-state index in [2.05, 4.69) is 22.6 Å². The zero-order chi connectivity index (χ0) is 9.78. The number of rotatable bonds is 2. The molecule has 0 aliphatic heterocycles. The van der Waals surface area contributed by atoms with Gasteiger partial charge in [0.15, 0.2) is 0 Å². The van der Waals surface area contributed by atoms with E-state index in [1.165, 1.54) is 0 Å². The summed E-state index contributed by atoms with van der Waals surface area (Å²) in [4.78, 5) is 11.3. The predicted octanol–water partition coefficient (Wildman–Crippen LogP) is 2.71. The van der Waals surface area contributed by atoms with E-state index in [4.69, 9.17) is 4.74 Å². The third kappa shape index (κ3) is 5.57. The van der Waals surface area contributed by atoms with Crippen molar-refractivity contribution in [1.29, 1.82) is 0 Å². The Balaban J connectivity index is 4.15. The molecule has 0 unspecified atom stereocenters. The second kappa shape index (κ2) is 4.84. The number of ether oxygens (including phenoxy) is 1. The molecule has 70 valence electrons. The van der Waals surface area contributed by atoms with Gasteiger partial charge in [0, 0.05) is 10.0 Å². The highest BCUT2D eigenvalue weighted by Gasteiger charge is 2.16. The first-order chi connectivity index (χ1) is 5.37. The monoisotopic (exact) mass is 282 g/mol. The second-order valence-corrected chi connectivity index (χ2v) is 4.42. The molecule has 3 heteroatoms. The minimum Gasteiger partial charge on any atom is -0.457 e. The van der Waals surface area contributed by atoms with Crippen LogP contribution < -0.4 is 0 Å². The van der Waals surface area contributed by atoms with Crippen LogP contribution in [-0.2, 0) is 9.53 Å². The number of halogens is 1. The maximum absolute atomic E-state index is 11.3. The smallest absolute Gasteiger partial charge is 0.333 e. The van der Waals surface area contributed by atoms with Crippen LogP contribution in [0.4, 0.5) is 0 Å². The van der Waals surface area contributed by atoms with Crippen molar-refractivity contribution >= 4 is 28.6 Å². The molecule has 0 saturated heterocycles. The second-order valence-electron chi connectivity index (χ2n) is 3.54. The quantitative estimate of drug-likeness (QED) is 0.337. The molecule has 0 radical (unpaired) electrons. The van der Waals surface area contributed by atoms with Gasteiger partial charge >= 0.3 is 5.97 Å². The average molecular weight is 282 g/mol. The summed E-state index contributed by atoms with van der Waals surface area (Å²) >= 11 is 2.19. The van der Waals surface area contributed by atoms with Crippen LogP contribution >= 0.6 is 22.6 Å². The fourth-order valence-corrected chi connectivity index (χ4v) is 1.22. The lowest BCUT2D eigenvalue weighted by molar-refractivity contribution is -0.149. The van der Waals surface area contributed by atoms with Crippen molar-refractivity contribution in [2.24, 2.45) is 0 Å². The first-order valence-electron chi connectivity index (χ1n) is 3.83. The fraction of sp³-hybridized carbons (Fsp3) is 0.667. The molecule has 0 rings (SSSR count). The molecule has 0 aliphatic carbocycles. The third-order valence-electron chi connectivity index (χ3n) is 1.10. The van der Waals surface area contributed by atoms with Crippen LogP contribution in [0.2, 0.25) is 0 Å². The molecular formula is C9H15IO2. The maximum atomic E-state index is 11.3. The highest BCUT2D eigenvalue weighted by molar-refractivity contribution is 14.1. The molecule has 0 aromatic carbocycles. The fourth-order valence-electron chi connectivity index (χ4n) is 0.558. The summed E-state index contributed by atoms with van der Waals surface area (Å²) in [5.41, 5.74) is 0.289. The van der Waals surface area contributed by atoms with E-state index in [0.29, 0.717) is 5.57 Å². The van der Waals surface area contributed by atoms with Gasteiger partial charge in [0.25, 0.3) is 0 Å². The van der Waals surface area contributed by atoms with Gasteiger partial charge in [-0.15, -0.1) is 0 Å². The molecule has 0 atom stereocenters. The highest BCUT2D eigenvalue weighted by atomic mass is 127. The molecule has 0 saturated carbocycles. The molecule has 0 heterocycles. The lowest BCUT2D eigenvalue weighted by Gasteiger charge is -2.19. The molecule has 0 amide bonds. The predicted molar refractivity (Wildman–Crippen MR) is 58.5 cm³/mol. The summed E-state index contributed by atoms with van der Waals surface area (Å²) in [6.45, 7) is 7.36. The van der Waals surface area contributed by atoms with Gasteiger partial charge in [-0.25, -0.2) is 4.79 Å². The number of hydrogen-bond acceptors (Lipinski definition) is 2. The van der Waals surface area contributed by atoms with Gasteiger partial charge in [0.1, 0.15) is 5.60 Å². The number of allylic oxidation sites excluding steroid dienone is 1. The number of esters is 1. The van der Waals surface area contributed by atoms with Crippen molar-refractivity contribution in [2.45, 2.75) is 33.3 Å². The van der Waals surface area contributed by atoms with E-state index in [-0.39, 0.29) is 5.97 Å². The maximum Gasteiger partial charge on any atom is 0.333 e. The van der Waals surface area contributed by atoms with Gasteiger partial charge in [-0.3, -0.25) is 0 Å². The number of carbonyl (C=O) groups excluding carboxylic acids is 1. The Morgan fingerprint density at radius 1 is 1.50 bits per heavy atom. The Morgan fingerprint density at radius 3 is 2.33 bits per heavy atom. The Morgan fingerprint density at radius 2 is 2.00 bits per heavy atom. The summed E-state index contributed by atoms with van der Waals surface area (Å²) in [5.74, 6) is -0.223. The van der Waals surface area contributed by atoms with E-state index in [0.717, 1.165) is 4.43 Å². The normalized spacial score (nSPS) is 12.9. The van der Waals surface area contributed by atoms with Gasteiger partial charge in [-0.05, 0) is 27.7 Å². The van der Waals surface area contributed by atoms with Crippen LogP contribution in [0.25, 0.3) is 0 Å². The Labute approximate surface area is 87.5 Å². The van der Waals surface area contributed by atoms with Crippen LogP contribution in [0.15, 0.2) is 11.6 Å². The Hall–Kier alpha value is -0.0600. The minimum atomic E-state index is -0.391. The van der Waals surface area contributed by atoms with E-state index < -0.39 is 5.60 Å². The number of hydrogen-bond donors (Lipinski definition) is 0. The molecule has 0 aliphatic rings. The average Bonchev–Trinajstić information content (AvgIpc) is 1.84. The van der Waals surface area contributed by atoms with Crippen molar-refractivity contribution in [3.05, 3.63) is 11.6 Å².